The largest absolute Gasteiger partial charge is 0.477 e. The Morgan fingerprint density at radius 3 is 2.43 bits per heavy atom. The second-order valence-corrected chi connectivity index (χ2v) is 10.6. The first-order chi connectivity index (χ1) is 19.2. The molecule has 1 aromatic carbocycles. The van der Waals surface area contributed by atoms with Crippen LogP contribution >= 0.6 is 12.4 Å². The number of hydrogen-bond donors (Lipinski definition) is 3. The zero-order valence-corrected chi connectivity index (χ0v) is 23.7. The lowest BCUT2D eigenvalue weighted by molar-refractivity contribution is -0.162. The van der Waals surface area contributed by atoms with Crippen LogP contribution in [0.25, 0.3) is 16.7 Å². The number of carbonyl (C=O) groups excluding carboxylic acids is 2. The van der Waals surface area contributed by atoms with Crippen molar-refractivity contribution in [3.05, 3.63) is 59.6 Å². The van der Waals surface area contributed by atoms with Crippen molar-refractivity contribution in [1.82, 2.24) is 24.7 Å². The first kappa shape index (κ1) is 32.5. The second kappa shape index (κ2) is 12.9. The number of hydrogen-bond acceptors (Lipinski definition) is 9. The summed E-state index contributed by atoms with van der Waals surface area (Å²) >= 11 is 0. The summed E-state index contributed by atoms with van der Waals surface area (Å²) in [7, 11) is 1.50. The number of amides is 1. The number of oxazole rings is 1. The third kappa shape index (κ3) is 6.24. The molecule has 3 fully saturated rings. The fourth-order valence-corrected chi connectivity index (χ4v) is 5.76. The smallest absolute Gasteiger partial charge is 0.353 e. The van der Waals surface area contributed by atoms with Crippen molar-refractivity contribution < 1.29 is 28.6 Å². The fourth-order valence-electron chi connectivity index (χ4n) is 5.76. The van der Waals surface area contributed by atoms with Gasteiger partial charge >= 0.3 is 11.9 Å². The van der Waals surface area contributed by atoms with E-state index in [2.05, 4.69) is 20.3 Å². The Labute approximate surface area is 249 Å². The fraction of sp³-hybridized carbons (Fsp3) is 0.448. The van der Waals surface area contributed by atoms with Gasteiger partial charge < -0.3 is 25.3 Å². The van der Waals surface area contributed by atoms with E-state index in [9.17, 15) is 19.5 Å². The van der Waals surface area contributed by atoms with E-state index in [0.717, 1.165) is 50.6 Å². The van der Waals surface area contributed by atoms with E-state index in [-0.39, 0.29) is 54.8 Å². The summed E-state index contributed by atoms with van der Waals surface area (Å²) in [5, 5.41) is 12.0. The standard InChI is InChI=1S/C17H13N5O4.C11H19NO2.CH4.ClH/c1-9-20-11-4-10(2-3-14(11)26-9)6-19-16(23)12-5-13(17(24)25)22-8-18-7-15(22)21-12;1-14-9(13)11-5-2-10(8-12,3-6-11)4-7-11;;/h2-5,7-8H,6H2,1H3,(H,19,23)(H,24,25);2-8,12H2,1H3;1H4;1H. The monoisotopic (exact) mass is 600 g/mol. The summed E-state index contributed by atoms with van der Waals surface area (Å²) in [6.07, 6.45) is 9.01. The van der Waals surface area contributed by atoms with Crippen LogP contribution in [-0.2, 0) is 16.1 Å². The Hall–Kier alpha value is -4.03. The summed E-state index contributed by atoms with van der Waals surface area (Å²) in [6.45, 7) is 2.79. The van der Waals surface area contributed by atoms with Crippen molar-refractivity contribution in [2.24, 2.45) is 16.6 Å². The van der Waals surface area contributed by atoms with E-state index < -0.39 is 11.9 Å². The van der Waals surface area contributed by atoms with E-state index in [4.69, 9.17) is 14.9 Å². The lowest BCUT2D eigenvalue weighted by atomic mass is 9.54. The van der Waals surface area contributed by atoms with Gasteiger partial charge in [-0.25, -0.2) is 19.7 Å². The van der Waals surface area contributed by atoms with Crippen molar-refractivity contribution in [1.29, 1.82) is 0 Å². The molecule has 3 aliphatic carbocycles. The van der Waals surface area contributed by atoms with E-state index >= 15 is 0 Å². The number of ether oxygens (including phenoxy) is 1. The van der Waals surface area contributed by atoms with Crippen LogP contribution < -0.4 is 11.1 Å². The molecule has 42 heavy (non-hydrogen) atoms. The molecule has 0 aliphatic heterocycles. The SMILES string of the molecule is C.COC(=O)C12CCC(CN)(CC1)CC2.Cc1nc2cc(CNC(=O)c3cc(C(=O)O)n4cncc4n3)ccc2o1.Cl. The summed E-state index contributed by atoms with van der Waals surface area (Å²) in [6, 6.07) is 6.65. The van der Waals surface area contributed by atoms with Crippen LogP contribution in [0.1, 0.15) is 78.4 Å². The lowest BCUT2D eigenvalue weighted by Crippen LogP contribution is -2.49. The molecule has 0 radical (unpaired) electrons. The number of imidazole rings is 1. The van der Waals surface area contributed by atoms with Gasteiger partial charge in [0, 0.05) is 19.5 Å². The molecule has 1 amide bonds. The molecule has 7 rings (SSSR count). The highest BCUT2D eigenvalue weighted by atomic mass is 35.5. The number of nitrogens with one attached hydrogen (secondary N) is 1. The Kier molecular flexibility index (Phi) is 9.95. The molecule has 0 saturated heterocycles. The van der Waals surface area contributed by atoms with Crippen LogP contribution in [0.3, 0.4) is 0 Å². The van der Waals surface area contributed by atoms with Gasteiger partial charge in [-0.05, 0) is 68.2 Å². The van der Waals surface area contributed by atoms with Gasteiger partial charge in [0.1, 0.15) is 23.2 Å². The predicted molar refractivity (Wildman–Crippen MR) is 157 cm³/mol. The summed E-state index contributed by atoms with van der Waals surface area (Å²) in [5.41, 5.74) is 8.45. The van der Waals surface area contributed by atoms with Crippen LogP contribution in [0.15, 0.2) is 41.2 Å². The number of methoxy groups -OCH3 is 1. The molecule has 3 aromatic heterocycles. The van der Waals surface area contributed by atoms with Crippen molar-refractivity contribution in [2.45, 2.75) is 59.4 Å². The zero-order chi connectivity index (χ0) is 28.5. The number of rotatable bonds is 6. The van der Waals surface area contributed by atoms with E-state index in [1.807, 2.05) is 12.1 Å². The van der Waals surface area contributed by atoms with E-state index in [1.54, 1.807) is 13.0 Å². The van der Waals surface area contributed by atoms with Crippen LogP contribution in [0.5, 0.6) is 0 Å². The number of nitrogens with zero attached hydrogens (tertiary/aromatic N) is 4. The van der Waals surface area contributed by atoms with Gasteiger partial charge in [0.05, 0.1) is 18.7 Å². The topological polar surface area (TPSA) is 175 Å². The molecule has 0 unspecified atom stereocenters. The molecule has 4 aromatic rings. The molecule has 0 spiro atoms. The molecule has 0 atom stereocenters. The number of nitrogens with two attached hydrogens (primary N) is 1. The molecule has 3 saturated carbocycles. The van der Waals surface area contributed by atoms with Crippen LogP contribution in [0, 0.1) is 17.8 Å². The minimum atomic E-state index is -1.17. The quantitative estimate of drug-likeness (QED) is 0.270. The molecular weight excluding hydrogens is 564 g/mol. The molecule has 226 valence electrons. The maximum Gasteiger partial charge on any atom is 0.353 e. The number of carboxylic acids is 1. The number of esters is 1. The highest BCUT2D eigenvalue weighted by molar-refractivity contribution is 5.96. The molecule has 2 bridgehead atoms. The van der Waals surface area contributed by atoms with Gasteiger partial charge in [-0.2, -0.15) is 0 Å². The third-order valence-electron chi connectivity index (χ3n) is 8.30. The number of benzene rings is 1. The van der Waals surface area contributed by atoms with Gasteiger partial charge in [0.15, 0.2) is 17.1 Å². The van der Waals surface area contributed by atoms with Crippen LogP contribution in [0.2, 0.25) is 0 Å². The van der Waals surface area contributed by atoms with Crippen LogP contribution in [0.4, 0.5) is 0 Å². The highest BCUT2D eigenvalue weighted by Gasteiger charge is 2.52. The zero-order valence-electron chi connectivity index (χ0n) is 22.9. The van der Waals surface area contributed by atoms with Crippen molar-refractivity contribution in [3.63, 3.8) is 0 Å². The number of carboxylic acid groups (broad SMARTS) is 1. The first-order valence-electron chi connectivity index (χ1n) is 13.2. The minimum absolute atomic E-state index is 0. The number of fused-ring (bicyclic) bond motifs is 5. The Morgan fingerprint density at radius 1 is 1.12 bits per heavy atom. The molecule has 3 heterocycles. The lowest BCUT2D eigenvalue weighted by Gasteiger charge is -2.51. The number of halogens is 1. The maximum atomic E-state index is 12.4. The first-order valence-corrected chi connectivity index (χ1v) is 13.2. The van der Waals surface area contributed by atoms with Gasteiger partial charge in [0.2, 0.25) is 0 Å². The predicted octanol–water partition coefficient (Wildman–Crippen LogP) is 4.32. The molecule has 12 nitrogen and oxygen atoms in total. The number of aromatic carboxylic acids is 1. The number of aromatic nitrogens is 4. The third-order valence-corrected chi connectivity index (χ3v) is 8.30. The number of aryl methyl sites for hydroxylation is 1. The molecule has 13 heteroatoms. The Bertz CT molecular complexity index is 1570. The van der Waals surface area contributed by atoms with E-state index in [1.165, 1.54) is 30.1 Å². The Morgan fingerprint density at radius 2 is 1.81 bits per heavy atom. The molecular formula is C29H37ClN6O6. The minimum Gasteiger partial charge on any atom is -0.477 e. The average molecular weight is 601 g/mol. The Balaban J connectivity index is 0.000000258. The average Bonchev–Trinajstić information content (AvgIpc) is 3.61. The second-order valence-electron chi connectivity index (χ2n) is 10.6. The van der Waals surface area contributed by atoms with Crippen LogP contribution in [-0.4, -0.2) is 56.0 Å². The summed E-state index contributed by atoms with van der Waals surface area (Å²) < 4.78 is 11.6. The molecule has 4 N–H and O–H groups in total. The normalized spacial score (nSPS) is 20.5. The number of carbonyl (C=O) groups is 3. The van der Waals surface area contributed by atoms with E-state index in [0.29, 0.717) is 22.4 Å². The summed E-state index contributed by atoms with van der Waals surface area (Å²) in [4.78, 5) is 47.7. The molecule has 3 aliphatic rings. The van der Waals surface area contributed by atoms with Crippen molar-refractivity contribution >= 4 is 47.0 Å². The highest BCUT2D eigenvalue weighted by Crippen LogP contribution is 2.56. The van der Waals surface area contributed by atoms with Gasteiger partial charge in [0.25, 0.3) is 5.91 Å². The van der Waals surface area contributed by atoms with Crippen molar-refractivity contribution in [2.75, 3.05) is 13.7 Å². The summed E-state index contributed by atoms with van der Waals surface area (Å²) in [5.74, 6) is -1.08. The van der Waals surface area contributed by atoms with Gasteiger partial charge in [-0.15, -0.1) is 12.4 Å². The van der Waals surface area contributed by atoms with Gasteiger partial charge in [-0.3, -0.25) is 14.0 Å². The van der Waals surface area contributed by atoms with Gasteiger partial charge in [-0.1, -0.05) is 13.5 Å². The maximum absolute atomic E-state index is 12.4. The van der Waals surface area contributed by atoms with Crippen molar-refractivity contribution in [3.8, 4) is 0 Å².